The molecule has 1 aliphatic heterocycles. The number of rotatable bonds is 2. The molecule has 0 saturated carbocycles. The number of carbonyl (C=O) groups is 1. The lowest BCUT2D eigenvalue weighted by atomic mass is 10.2. The number of nitrogens with zero attached hydrogens (tertiary/aromatic N) is 2. The highest BCUT2D eigenvalue weighted by molar-refractivity contribution is 7.17. The van der Waals surface area contributed by atoms with E-state index in [0.29, 0.717) is 6.61 Å². The highest BCUT2D eigenvalue weighted by Crippen LogP contribution is 2.31. The lowest BCUT2D eigenvalue weighted by Crippen LogP contribution is -2.15. The summed E-state index contributed by atoms with van der Waals surface area (Å²) in [7, 11) is 4.01. The van der Waals surface area contributed by atoms with Crippen molar-refractivity contribution in [1.29, 1.82) is 0 Å². The third kappa shape index (κ3) is 2.27. The third-order valence-electron chi connectivity index (χ3n) is 3.05. The highest BCUT2D eigenvalue weighted by atomic mass is 32.1. The van der Waals surface area contributed by atoms with Crippen molar-refractivity contribution < 1.29 is 9.53 Å². The van der Waals surface area contributed by atoms with E-state index in [4.69, 9.17) is 4.74 Å². The van der Waals surface area contributed by atoms with Gasteiger partial charge in [-0.25, -0.2) is 4.98 Å². The largest absolute Gasteiger partial charge is 0.378 e. The molecule has 5 heteroatoms. The van der Waals surface area contributed by atoms with Gasteiger partial charge in [-0.1, -0.05) is 0 Å². The minimum Gasteiger partial charge on any atom is -0.378 e. The number of ketones is 1. The number of thiazole rings is 1. The smallest absolute Gasteiger partial charge is 0.200 e. The van der Waals surface area contributed by atoms with Gasteiger partial charge in [0.15, 0.2) is 5.78 Å². The molecule has 19 heavy (non-hydrogen) atoms. The maximum absolute atomic E-state index is 11.7. The second-order valence-electron chi connectivity index (χ2n) is 4.65. The van der Waals surface area contributed by atoms with Crippen molar-refractivity contribution in [2.75, 3.05) is 25.6 Å². The number of hydrogen-bond donors (Lipinski definition) is 0. The highest BCUT2D eigenvalue weighted by Gasteiger charge is 2.23. The third-order valence-corrected chi connectivity index (χ3v) is 4.24. The van der Waals surface area contributed by atoms with Crippen LogP contribution in [0.1, 0.15) is 15.4 Å². The van der Waals surface area contributed by atoms with Crippen LogP contribution in [0.15, 0.2) is 24.3 Å². The van der Waals surface area contributed by atoms with Gasteiger partial charge in [0.2, 0.25) is 0 Å². The molecule has 0 bridgehead atoms. The van der Waals surface area contributed by atoms with E-state index < -0.39 is 0 Å². The first-order valence-corrected chi connectivity index (χ1v) is 6.85. The average molecular weight is 274 g/mol. The van der Waals surface area contributed by atoms with Gasteiger partial charge in [0, 0.05) is 25.3 Å². The summed E-state index contributed by atoms with van der Waals surface area (Å²) in [6.45, 7) is 0.613. The number of anilines is 1. The van der Waals surface area contributed by atoms with Gasteiger partial charge in [-0.15, -0.1) is 11.3 Å². The van der Waals surface area contributed by atoms with Crippen LogP contribution in [-0.2, 0) is 11.3 Å². The van der Waals surface area contributed by atoms with E-state index in [1.165, 1.54) is 11.3 Å². The summed E-state index contributed by atoms with van der Waals surface area (Å²) in [5, 5.41) is 0.883. The molecule has 2 aromatic rings. The Kier molecular flexibility index (Phi) is 3.08. The molecule has 0 unspecified atom stereocenters. The zero-order valence-electron chi connectivity index (χ0n) is 10.8. The Morgan fingerprint density at radius 3 is 2.58 bits per heavy atom. The van der Waals surface area contributed by atoms with Crippen molar-refractivity contribution in [3.8, 4) is 10.6 Å². The molecule has 0 aliphatic carbocycles. The number of hydrogen-bond acceptors (Lipinski definition) is 5. The van der Waals surface area contributed by atoms with E-state index in [1.54, 1.807) is 0 Å². The number of benzene rings is 1. The van der Waals surface area contributed by atoms with Crippen LogP contribution in [0.2, 0.25) is 0 Å². The molecule has 1 aromatic heterocycles. The van der Waals surface area contributed by atoms with Crippen LogP contribution in [0.3, 0.4) is 0 Å². The molecular weight excluding hydrogens is 260 g/mol. The number of carbonyl (C=O) groups excluding carboxylic acids is 1. The van der Waals surface area contributed by atoms with Crippen LogP contribution in [0.4, 0.5) is 5.69 Å². The fraction of sp³-hybridized carbons (Fsp3) is 0.286. The van der Waals surface area contributed by atoms with Crippen molar-refractivity contribution in [2.24, 2.45) is 0 Å². The molecule has 0 fully saturated rings. The summed E-state index contributed by atoms with van der Waals surface area (Å²) >= 11 is 1.46. The maximum atomic E-state index is 11.7. The van der Waals surface area contributed by atoms with Gasteiger partial charge < -0.3 is 9.64 Å². The number of ether oxygens (including phenoxy) is 1. The lowest BCUT2D eigenvalue weighted by molar-refractivity contribution is 0.0664. The summed E-state index contributed by atoms with van der Waals surface area (Å²) in [5.74, 6) is 0.0370. The molecule has 0 amide bonds. The number of Topliss-reactive ketones (excluding diaryl/α,β-unsaturated/α-hetero) is 1. The summed E-state index contributed by atoms with van der Waals surface area (Å²) in [5.41, 5.74) is 2.95. The van der Waals surface area contributed by atoms with Crippen molar-refractivity contribution in [3.05, 3.63) is 34.8 Å². The van der Waals surface area contributed by atoms with Crippen molar-refractivity contribution in [2.45, 2.75) is 6.61 Å². The predicted octanol–water partition coefficient (Wildman–Crippen LogP) is 2.59. The van der Waals surface area contributed by atoms with Gasteiger partial charge in [-0.05, 0) is 24.3 Å². The maximum Gasteiger partial charge on any atom is 0.200 e. The van der Waals surface area contributed by atoms with Crippen LogP contribution in [0.5, 0.6) is 0 Å². The van der Waals surface area contributed by atoms with E-state index in [2.05, 4.69) is 4.98 Å². The normalized spacial score (nSPS) is 14.3. The number of aromatic nitrogens is 1. The molecule has 0 N–H and O–H groups in total. The van der Waals surface area contributed by atoms with E-state index in [1.807, 2.05) is 43.3 Å². The van der Waals surface area contributed by atoms with Gasteiger partial charge in [-0.2, -0.15) is 0 Å². The monoisotopic (exact) mass is 274 g/mol. The molecule has 98 valence electrons. The van der Waals surface area contributed by atoms with E-state index in [-0.39, 0.29) is 12.4 Å². The summed E-state index contributed by atoms with van der Waals surface area (Å²) < 4.78 is 5.20. The molecule has 4 nitrogen and oxygen atoms in total. The molecule has 0 spiro atoms. The fourth-order valence-electron chi connectivity index (χ4n) is 2.00. The Hall–Kier alpha value is -1.72. The van der Waals surface area contributed by atoms with Gasteiger partial charge in [0.05, 0.1) is 17.2 Å². The first-order valence-electron chi connectivity index (χ1n) is 6.03. The van der Waals surface area contributed by atoms with Crippen LogP contribution in [0.25, 0.3) is 10.6 Å². The van der Waals surface area contributed by atoms with Crippen LogP contribution < -0.4 is 4.90 Å². The Bertz CT molecular complexity index is 617. The molecule has 0 radical (unpaired) electrons. The van der Waals surface area contributed by atoms with Gasteiger partial charge in [0.1, 0.15) is 11.6 Å². The quantitative estimate of drug-likeness (QED) is 0.844. The fourth-order valence-corrected chi connectivity index (χ4v) is 3.00. The van der Waals surface area contributed by atoms with Crippen molar-refractivity contribution >= 4 is 22.8 Å². The lowest BCUT2D eigenvalue weighted by Gasteiger charge is -2.11. The van der Waals surface area contributed by atoms with E-state index in [9.17, 15) is 4.79 Å². The summed E-state index contributed by atoms with van der Waals surface area (Å²) in [4.78, 5) is 19.0. The Morgan fingerprint density at radius 1 is 1.21 bits per heavy atom. The average Bonchev–Trinajstić information content (AvgIpc) is 2.84. The molecule has 1 aromatic carbocycles. The molecule has 1 aliphatic rings. The Morgan fingerprint density at radius 2 is 1.95 bits per heavy atom. The van der Waals surface area contributed by atoms with E-state index in [0.717, 1.165) is 26.8 Å². The topological polar surface area (TPSA) is 42.4 Å². The molecule has 2 heterocycles. The second kappa shape index (κ2) is 4.75. The van der Waals surface area contributed by atoms with Crippen LogP contribution in [-0.4, -0.2) is 31.5 Å². The number of fused-ring (bicyclic) bond motifs is 1. The first-order chi connectivity index (χ1) is 9.15. The second-order valence-corrected chi connectivity index (χ2v) is 5.65. The first kappa shape index (κ1) is 12.3. The minimum absolute atomic E-state index is 0.0370. The molecule has 3 rings (SSSR count). The Labute approximate surface area is 115 Å². The molecule has 0 atom stereocenters. The SMILES string of the molecule is CN(C)c1ccc(-c2nc3c(s2)C(=O)COC3)cc1. The van der Waals surface area contributed by atoms with Gasteiger partial charge in [-0.3, -0.25) is 4.79 Å². The van der Waals surface area contributed by atoms with E-state index >= 15 is 0 Å². The molecular formula is C14H14N2O2S. The summed E-state index contributed by atoms with van der Waals surface area (Å²) in [6, 6.07) is 8.16. The van der Waals surface area contributed by atoms with Gasteiger partial charge >= 0.3 is 0 Å². The zero-order chi connectivity index (χ0) is 13.4. The zero-order valence-corrected chi connectivity index (χ0v) is 11.7. The molecule has 0 saturated heterocycles. The summed E-state index contributed by atoms with van der Waals surface area (Å²) in [6.07, 6.45) is 0. The van der Waals surface area contributed by atoms with Crippen molar-refractivity contribution in [3.63, 3.8) is 0 Å². The van der Waals surface area contributed by atoms with Crippen LogP contribution in [0, 0.1) is 0 Å². The van der Waals surface area contributed by atoms with Crippen molar-refractivity contribution in [1.82, 2.24) is 4.98 Å². The van der Waals surface area contributed by atoms with Gasteiger partial charge in [0.25, 0.3) is 0 Å². The predicted molar refractivity (Wildman–Crippen MR) is 75.9 cm³/mol. The Balaban J connectivity index is 1.96. The van der Waals surface area contributed by atoms with Crippen LogP contribution >= 0.6 is 11.3 Å². The minimum atomic E-state index is 0.0370. The standard InChI is InChI=1S/C14H14N2O2S/c1-16(2)10-5-3-9(4-6-10)14-15-11-7-18-8-12(17)13(11)19-14/h3-6H,7-8H2,1-2H3.